The molecule has 0 saturated carbocycles. The number of nitriles is 1. The quantitative estimate of drug-likeness (QED) is 0.824. The maximum atomic E-state index is 8.72. The number of ether oxygens (including phenoxy) is 1. The lowest BCUT2D eigenvalue weighted by Crippen LogP contribution is -2.12. The van der Waals surface area contributed by atoms with Crippen LogP contribution in [-0.2, 0) is 13.2 Å². The van der Waals surface area contributed by atoms with Crippen LogP contribution in [0.5, 0.6) is 5.75 Å². The van der Waals surface area contributed by atoms with Gasteiger partial charge in [-0.2, -0.15) is 10.4 Å². The van der Waals surface area contributed by atoms with Crippen LogP contribution in [0.15, 0.2) is 30.6 Å². The lowest BCUT2D eigenvalue weighted by atomic mass is 10.2. The fourth-order valence-corrected chi connectivity index (χ4v) is 1.67. The van der Waals surface area contributed by atoms with Crippen LogP contribution in [0.4, 0.5) is 0 Å². The van der Waals surface area contributed by atoms with Crippen molar-refractivity contribution in [1.82, 2.24) is 14.8 Å². The van der Waals surface area contributed by atoms with Gasteiger partial charge in [-0.15, -0.1) is 0 Å². The molecule has 0 radical (unpaired) electrons. The zero-order valence-electron chi connectivity index (χ0n) is 11.1. The third-order valence-corrected chi connectivity index (χ3v) is 2.59. The first kappa shape index (κ1) is 13.1. The van der Waals surface area contributed by atoms with E-state index in [0.717, 1.165) is 18.1 Å². The summed E-state index contributed by atoms with van der Waals surface area (Å²) in [6.07, 6.45) is 1.54. The lowest BCUT2D eigenvalue weighted by molar-refractivity contribution is 0.282. The van der Waals surface area contributed by atoms with E-state index in [-0.39, 0.29) is 0 Å². The molecule has 0 amide bonds. The van der Waals surface area contributed by atoms with Crippen LogP contribution < -0.4 is 4.74 Å². The van der Waals surface area contributed by atoms with Gasteiger partial charge in [-0.3, -0.25) is 0 Å². The molecule has 1 aromatic heterocycles. The number of hydrogen-bond donors (Lipinski definition) is 0. The van der Waals surface area contributed by atoms with E-state index >= 15 is 0 Å². The third kappa shape index (κ3) is 3.55. The van der Waals surface area contributed by atoms with Crippen molar-refractivity contribution >= 4 is 0 Å². The Hall–Kier alpha value is -2.35. The van der Waals surface area contributed by atoms with Gasteiger partial charge in [0.05, 0.1) is 11.6 Å². The van der Waals surface area contributed by atoms with E-state index in [2.05, 4.69) is 30.0 Å². The van der Waals surface area contributed by atoms with E-state index in [1.165, 1.54) is 0 Å². The number of hydrogen-bond acceptors (Lipinski definition) is 4. The Morgan fingerprint density at radius 2 is 2.05 bits per heavy atom. The molecule has 0 unspecified atom stereocenters. The predicted molar refractivity (Wildman–Crippen MR) is 70.3 cm³/mol. The largest absolute Gasteiger partial charge is 0.486 e. The second kappa shape index (κ2) is 6.01. The Bertz CT molecular complexity index is 566. The number of benzene rings is 1. The van der Waals surface area contributed by atoms with Crippen molar-refractivity contribution in [1.29, 1.82) is 5.26 Å². The summed E-state index contributed by atoms with van der Waals surface area (Å²) in [5, 5.41) is 12.9. The Morgan fingerprint density at radius 3 is 2.68 bits per heavy atom. The molecule has 0 aliphatic heterocycles. The van der Waals surface area contributed by atoms with Crippen molar-refractivity contribution in [2.24, 2.45) is 5.92 Å². The van der Waals surface area contributed by atoms with E-state index in [4.69, 9.17) is 10.00 Å². The van der Waals surface area contributed by atoms with Gasteiger partial charge in [-0.05, 0) is 30.2 Å². The minimum absolute atomic E-state index is 0.374. The molecule has 0 aliphatic carbocycles. The Morgan fingerprint density at radius 1 is 1.32 bits per heavy atom. The highest BCUT2D eigenvalue weighted by atomic mass is 16.5. The molecular weight excluding hydrogens is 240 g/mol. The highest BCUT2D eigenvalue weighted by Crippen LogP contribution is 2.13. The first-order chi connectivity index (χ1) is 9.19. The van der Waals surface area contributed by atoms with Gasteiger partial charge in [-0.25, -0.2) is 9.67 Å². The highest BCUT2D eigenvalue weighted by Gasteiger charge is 2.06. The van der Waals surface area contributed by atoms with Crippen molar-refractivity contribution in [3.63, 3.8) is 0 Å². The Balaban J connectivity index is 1.98. The smallest absolute Gasteiger partial charge is 0.164 e. The summed E-state index contributed by atoms with van der Waals surface area (Å²) in [4.78, 5) is 4.19. The Kier molecular flexibility index (Phi) is 4.14. The van der Waals surface area contributed by atoms with Gasteiger partial charge in [0.1, 0.15) is 18.7 Å². The molecule has 19 heavy (non-hydrogen) atoms. The number of nitrogens with zero attached hydrogens (tertiary/aromatic N) is 4. The van der Waals surface area contributed by atoms with Crippen molar-refractivity contribution in [2.75, 3.05) is 0 Å². The van der Waals surface area contributed by atoms with E-state index in [1.807, 2.05) is 4.68 Å². The van der Waals surface area contributed by atoms with Gasteiger partial charge >= 0.3 is 0 Å². The summed E-state index contributed by atoms with van der Waals surface area (Å²) >= 11 is 0. The molecule has 2 rings (SSSR count). The standard InChI is InChI=1S/C14H16N4O/c1-11(2)8-18-14(16-10-17-18)9-19-13-5-3-12(7-15)4-6-13/h3-6,10-11H,8-9H2,1-2H3. The van der Waals surface area contributed by atoms with Crippen molar-refractivity contribution in [3.05, 3.63) is 42.0 Å². The van der Waals surface area contributed by atoms with Gasteiger partial charge < -0.3 is 4.74 Å². The molecule has 1 heterocycles. The van der Waals surface area contributed by atoms with E-state index < -0.39 is 0 Å². The average molecular weight is 256 g/mol. The second-order valence-corrected chi connectivity index (χ2v) is 4.68. The number of aromatic nitrogens is 3. The number of rotatable bonds is 5. The monoisotopic (exact) mass is 256 g/mol. The molecule has 0 atom stereocenters. The van der Waals surface area contributed by atoms with Crippen molar-refractivity contribution in [3.8, 4) is 11.8 Å². The minimum Gasteiger partial charge on any atom is -0.486 e. The zero-order valence-corrected chi connectivity index (χ0v) is 11.1. The molecule has 0 saturated heterocycles. The van der Waals surface area contributed by atoms with Gasteiger partial charge in [0.25, 0.3) is 0 Å². The fraction of sp³-hybridized carbons (Fsp3) is 0.357. The minimum atomic E-state index is 0.374. The normalized spacial score (nSPS) is 10.4. The first-order valence-corrected chi connectivity index (χ1v) is 6.18. The predicted octanol–water partition coefficient (Wildman–Crippen LogP) is 2.38. The van der Waals surface area contributed by atoms with Crippen LogP contribution in [-0.4, -0.2) is 14.8 Å². The van der Waals surface area contributed by atoms with E-state index in [0.29, 0.717) is 18.1 Å². The maximum absolute atomic E-state index is 8.72. The van der Waals surface area contributed by atoms with E-state index in [9.17, 15) is 0 Å². The molecule has 0 bridgehead atoms. The maximum Gasteiger partial charge on any atom is 0.164 e. The molecule has 0 fully saturated rings. The molecule has 5 heteroatoms. The molecule has 1 aromatic carbocycles. The van der Waals surface area contributed by atoms with Gasteiger partial charge in [0, 0.05) is 6.54 Å². The SMILES string of the molecule is CC(C)Cn1ncnc1COc1ccc(C#N)cc1. The molecule has 0 spiro atoms. The Labute approximate surface area is 112 Å². The van der Waals surface area contributed by atoms with Gasteiger partial charge in [0.15, 0.2) is 5.82 Å². The second-order valence-electron chi connectivity index (χ2n) is 4.68. The summed E-state index contributed by atoms with van der Waals surface area (Å²) < 4.78 is 7.49. The van der Waals surface area contributed by atoms with Crippen LogP contribution >= 0.6 is 0 Å². The topological polar surface area (TPSA) is 63.7 Å². The van der Waals surface area contributed by atoms with Gasteiger partial charge in [-0.1, -0.05) is 13.8 Å². The molecule has 5 nitrogen and oxygen atoms in total. The molecular formula is C14H16N4O. The van der Waals surface area contributed by atoms with Crippen molar-refractivity contribution in [2.45, 2.75) is 27.0 Å². The van der Waals surface area contributed by atoms with Crippen LogP contribution in [0.1, 0.15) is 25.2 Å². The molecule has 2 aromatic rings. The fourth-order valence-electron chi connectivity index (χ4n) is 1.67. The van der Waals surface area contributed by atoms with Crippen LogP contribution in [0, 0.1) is 17.2 Å². The summed E-state index contributed by atoms with van der Waals surface area (Å²) in [7, 11) is 0. The average Bonchev–Trinajstić information content (AvgIpc) is 2.83. The molecule has 0 aliphatic rings. The highest BCUT2D eigenvalue weighted by molar-refractivity contribution is 5.34. The summed E-state index contributed by atoms with van der Waals surface area (Å²) in [5.74, 6) is 2.03. The lowest BCUT2D eigenvalue weighted by Gasteiger charge is -2.09. The van der Waals surface area contributed by atoms with Gasteiger partial charge in [0.2, 0.25) is 0 Å². The van der Waals surface area contributed by atoms with Crippen LogP contribution in [0.25, 0.3) is 0 Å². The molecule has 98 valence electrons. The first-order valence-electron chi connectivity index (χ1n) is 6.18. The van der Waals surface area contributed by atoms with Crippen molar-refractivity contribution < 1.29 is 4.74 Å². The summed E-state index contributed by atoms with van der Waals surface area (Å²) in [6, 6.07) is 9.09. The van der Waals surface area contributed by atoms with E-state index in [1.54, 1.807) is 30.6 Å². The molecule has 0 N–H and O–H groups in total. The summed E-state index contributed by atoms with van der Waals surface area (Å²) in [5.41, 5.74) is 0.621. The zero-order chi connectivity index (χ0) is 13.7. The van der Waals surface area contributed by atoms with Crippen LogP contribution in [0.3, 0.4) is 0 Å². The third-order valence-electron chi connectivity index (χ3n) is 2.59. The van der Waals surface area contributed by atoms with Crippen LogP contribution in [0.2, 0.25) is 0 Å². The summed E-state index contributed by atoms with van der Waals surface area (Å²) in [6.45, 7) is 5.46.